The van der Waals surface area contributed by atoms with Gasteiger partial charge in [-0.2, -0.15) is 0 Å². The number of carbonyl (C=O) groups is 2. The molecule has 1 aliphatic heterocycles. The molecule has 2 aromatic rings. The Morgan fingerprint density at radius 1 is 1.27 bits per heavy atom. The summed E-state index contributed by atoms with van der Waals surface area (Å²) in [6.45, 7) is 6.13. The lowest BCUT2D eigenvalue weighted by Crippen LogP contribution is -3.27. The number of quaternary nitrogens is 2. The number of rotatable bonds is 5. The smallest absolute Gasteiger partial charge is 0.356 e. The van der Waals surface area contributed by atoms with Crippen LogP contribution in [0.4, 0.5) is 10.1 Å². The molecule has 1 fully saturated rings. The zero-order valence-electron chi connectivity index (χ0n) is 15.1. The van der Waals surface area contributed by atoms with Crippen LogP contribution in [0.1, 0.15) is 17.4 Å². The van der Waals surface area contributed by atoms with Crippen molar-refractivity contribution in [1.82, 2.24) is 4.98 Å². The number of H-pyrrole nitrogens is 1. The minimum Gasteiger partial charge on any atom is -0.461 e. The maximum Gasteiger partial charge on any atom is 0.356 e. The van der Waals surface area contributed by atoms with Crippen molar-refractivity contribution in [1.29, 1.82) is 0 Å². The number of carbonyl (C=O) groups excluding carboxylic acids is 2. The van der Waals surface area contributed by atoms with Crippen LogP contribution in [0.2, 0.25) is 0 Å². The molecule has 0 radical (unpaired) electrons. The van der Waals surface area contributed by atoms with Crippen LogP contribution in [-0.4, -0.2) is 63.2 Å². The molecule has 1 saturated heterocycles. The van der Waals surface area contributed by atoms with Gasteiger partial charge in [0, 0.05) is 10.9 Å². The predicted octanol–water partition coefficient (Wildman–Crippen LogP) is -1.16. The topological polar surface area (TPSA) is 80.1 Å². The lowest BCUT2D eigenvalue weighted by atomic mass is 10.2. The molecule has 2 heterocycles. The molecule has 1 aromatic carbocycles. The van der Waals surface area contributed by atoms with E-state index < -0.39 is 11.8 Å². The van der Waals surface area contributed by atoms with E-state index in [0.717, 1.165) is 26.2 Å². The van der Waals surface area contributed by atoms with Gasteiger partial charge in [0.15, 0.2) is 6.54 Å². The van der Waals surface area contributed by atoms with E-state index in [-0.39, 0.29) is 23.9 Å². The molecule has 0 bridgehead atoms. The van der Waals surface area contributed by atoms with E-state index in [0.29, 0.717) is 17.4 Å². The van der Waals surface area contributed by atoms with Crippen LogP contribution < -0.4 is 15.1 Å². The van der Waals surface area contributed by atoms with Crippen LogP contribution in [0.3, 0.4) is 0 Å². The van der Waals surface area contributed by atoms with E-state index in [1.807, 2.05) is 0 Å². The summed E-state index contributed by atoms with van der Waals surface area (Å²) in [4.78, 5) is 30.3. The molecule has 1 aliphatic rings. The fourth-order valence-electron chi connectivity index (χ4n) is 3.27. The number of amides is 1. The van der Waals surface area contributed by atoms with Gasteiger partial charge in [0.1, 0.15) is 37.7 Å². The quantitative estimate of drug-likeness (QED) is 0.505. The number of anilines is 1. The number of ether oxygens (including phenoxy) is 1. The number of aromatic amines is 1. The number of nitrogens with one attached hydrogen (secondary N) is 4. The van der Waals surface area contributed by atoms with Crippen molar-refractivity contribution in [2.75, 3.05) is 51.7 Å². The number of hydrogen-bond donors (Lipinski definition) is 4. The van der Waals surface area contributed by atoms with Crippen molar-refractivity contribution in [2.45, 2.75) is 6.92 Å². The Morgan fingerprint density at radius 2 is 2.00 bits per heavy atom. The minimum absolute atomic E-state index is 0.138. The third-order valence-corrected chi connectivity index (χ3v) is 4.73. The normalized spacial score (nSPS) is 20.1. The molecule has 0 saturated carbocycles. The molecule has 4 N–H and O–H groups in total. The summed E-state index contributed by atoms with van der Waals surface area (Å²) < 4.78 is 18.7. The van der Waals surface area contributed by atoms with Crippen LogP contribution in [-0.2, 0) is 9.53 Å². The van der Waals surface area contributed by atoms with E-state index in [2.05, 4.69) is 17.3 Å². The maximum absolute atomic E-state index is 13.7. The number of aromatic nitrogens is 1. The number of likely N-dealkylation sites (N-methyl/N-ethyl adjacent to an activating group) is 1. The summed E-state index contributed by atoms with van der Waals surface area (Å²) in [6.07, 6.45) is 0. The summed E-state index contributed by atoms with van der Waals surface area (Å²) in [7, 11) is 2.14. The van der Waals surface area contributed by atoms with Crippen molar-refractivity contribution in [3.8, 4) is 0 Å². The maximum atomic E-state index is 13.7. The van der Waals surface area contributed by atoms with Gasteiger partial charge in [0.05, 0.1) is 19.3 Å². The number of halogens is 1. The zero-order chi connectivity index (χ0) is 18.7. The van der Waals surface area contributed by atoms with Crippen LogP contribution in [0.25, 0.3) is 10.9 Å². The van der Waals surface area contributed by atoms with E-state index in [1.165, 1.54) is 28.0 Å². The zero-order valence-corrected chi connectivity index (χ0v) is 15.1. The first-order valence-electron chi connectivity index (χ1n) is 8.91. The molecule has 140 valence electrons. The summed E-state index contributed by atoms with van der Waals surface area (Å²) in [5.41, 5.74) is 0.987. The highest BCUT2D eigenvalue weighted by molar-refractivity contribution is 6.11. The molecule has 1 aromatic heterocycles. The van der Waals surface area contributed by atoms with Gasteiger partial charge in [-0.3, -0.25) is 4.79 Å². The molecule has 0 unspecified atom stereocenters. The van der Waals surface area contributed by atoms with E-state index in [4.69, 9.17) is 4.74 Å². The van der Waals surface area contributed by atoms with Crippen LogP contribution >= 0.6 is 0 Å². The first-order valence-corrected chi connectivity index (χ1v) is 8.91. The Morgan fingerprint density at radius 3 is 2.69 bits per heavy atom. The van der Waals surface area contributed by atoms with Crippen LogP contribution in [0.15, 0.2) is 18.2 Å². The molecule has 1 amide bonds. The number of esters is 1. The van der Waals surface area contributed by atoms with Gasteiger partial charge in [-0.05, 0) is 25.1 Å². The lowest BCUT2D eigenvalue weighted by molar-refractivity contribution is -0.999. The average molecular weight is 364 g/mol. The Labute approximate surface area is 151 Å². The highest BCUT2D eigenvalue weighted by Crippen LogP contribution is 2.29. The van der Waals surface area contributed by atoms with Crippen molar-refractivity contribution < 1.29 is 28.5 Å². The van der Waals surface area contributed by atoms with Gasteiger partial charge in [0.25, 0.3) is 5.91 Å². The fourth-order valence-corrected chi connectivity index (χ4v) is 3.27. The fraction of sp³-hybridized carbons (Fsp3) is 0.444. The Hall–Kier alpha value is -2.45. The van der Waals surface area contributed by atoms with Gasteiger partial charge in [-0.25, -0.2) is 9.18 Å². The molecule has 3 rings (SSSR count). The lowest BCUT2D eigenvalue weighted by Gasteiger charge is -2.26. The van der Waals surface area contributed by atoms with Gasteiger partial charge < -0.3 is 24.8 Å². The van der Waals surface area contributed by atoms with E-state index in [9.17, 15) is 14.0 Å². The molecule has 26 heavy (non-hydrogen) atoms. The molecule has 8 heteroatoms. The second kappa shape index (κ2) is 7.84. The van der Waals surface area contributed by atoms with Crippen LogP contribution in [0.5, 0.6) is 0 Å². The molecular weight excluding hydrogens is 339 g/mol. The highest BCUT2D eigenvalue weighted by atomic mass is 19.1. The number of hydrogen-bond acceptors (Lipinski definition) is 3. The summed E-state index contributed by atoms with van der Waals surface area (Å²) in [5.74, 6) is -1.21. The van der Waals surface area contributed by atoms with Gasteiger partial charge >= 0.3 is 5.97 Å². The van der Waals surface area contributed by atoms with Crippen LogP contribution in [0, 0.1) is 5.82 Å². The van der Waals surface area contributed by atoms with Gasteiger partial charge in [0.2, 0.25) is 0 Å². The molecule has 0 spiro atoms. The number of fused-ring (bicyclic) bond motifs is 1. The summed E-state index contributed by atoms with van der Waals surface area (Å²) in [5, 5.41) is 3.25. The summed E-state index contributed by atoms with van der Waals surface area (Å²) in [6, 6.07) is 4.14. The molecule has 0 aliphatic carbocycles. The molecule has 7 nitrogen and oxygen atoms in total. The molecular formula is C18H25FN4O3+2. The van der Waals surface area contributed by atoms with Gasteiger partial charge in [-0.15, -0.1) is 0 Å². The summed E-state index contributed by atoms with van der Waals surface area (Å²) >= 11 is 0. The van der Waals surface area contributed by atoms with Crippen molar-refractivity contribution in [3.05, 3.63) is 29.7 Å². The third-order valence-electron chi connectivity index (χ3n) is 4.73. The Balaban J connectivity index is 1.82. The van der Waals surface area contributed by atoms with Crippen molar-refractivity contribution in [3.63, 3.8) is 0 Å². The van der Waals surface area contributed by atoms with E-state index >= 15 is 0 Å². The standard InChI is InChI=1S/C18H23FN4O3/c1-3-26-18(25)17-16(13-10-12(19)4-5-14(13)20-17)21-15(24)11-23-8-6-22(2)7-9-23/h4-5,10,20H,3,6-9,11H2,1-2H3,(H,21,24)/p+2. The Bertz CT molecular complexity index is 812. The SMILES string of the molecule is CCOC(=O)c1[nH]c2ccc(F)cc2c1NC(=O)C[NH+]1CC[NH+](C)CC1. The second-order valence-corrected chi connectivity index (χ2v) is 6.72. The monoisotopic (exact) mass is 364 g/mol. The largest absolute Gasteiger partial charge is 0.461 e. The van der Waals surface area contributed by atoms with E-state index in [1.54, 1.807) is 6.92 Å². The first kappa shape index (κ1) is 18.3. The first-order chi connectivity index (χ1) is 12.5. The van der Waals surface area contributed by atoms with Crippen molar-refractivity contribution >= 4 is 28.5 Å². The highest BCUT2D eigenvalue weighted by Gasteiger charge is 2.25. The predicted molar refractivity (Wildman–Crippen MR) is 95.0 cm³/mol. The number of benzene rings is 1. The van der Waals surface area contributed by atoms with Crippen molar-refractivity contribution in [2.24, 2.45) is 0 Å². The third kappa shape index (κ3) is 4.03. The second-order valence-electron chi connectivity index (χ2n) is 6.72. The minimum atomic E-state index is -0.574. The van der Waals surface area contributed by atoms with Gasteiger partial charge in [-0.1, -0.05) is 0 Å². The number of piperazine rings is 1. The molecule has 0 atom stereocenters. The average Bonchev–Trinajstić information content (AvgIpc) is 2.95. The Kier molecular flexibility index (Phi) is 5.53.